The molecule has 3 aromatic heterocycles. The van der Waals surface area contributed by atoms with Gasteiger partial charge in [-0.25, -0.2) is 41.3 Å². The van der Waals surface area contributed by atoms with E-state index >= 15 is 0 Å². The Hall–Kier alpha value is -11.4. The normalized spacial score (nSPS) is 13.0. The van der Waals surface area contributed by atoms with Gasteiger partial charge in [-0.3, -0.25) is 76.4 Å². The van der Waals surface area contributed by atoms with Crippen LogP contribution in [-0.2, 0) is 149 Å². The highest BCUT2D eigenvalue weighted by Gasteiger charge is 2.50. The number of aromatic nitrogens is 6. The second kappa shape index (κ2) is 62.1. The lowest BCUT2D eigenvalue weighted by molar-refractivity contribution is -0.150. The van der Waals surface area contributed by atoms with E-state index in [1.165, 1.54) is 138 Å². The summed E-state index contributed by atoms with van der Waals surface area (Å²) in [5.41, 5.74) is 0.130. The number of carbonyl (C=O) groups excluding carboxylic acids is 8. The third-order valence-corrected chi connectivity index (χ3v) is 18.7. The quantitative estimate of drug-likeness (QED) is 0.00449. The second-order valence-corrected chi connectivity index (χ2v) is 32.6. The summed E-state index contributed by atoms with van der Waals surface area (Å²) >= 11 is 0. The molecule has 0 fully saturated rings. The monoisotopic (exact) mass is 1910 g/mol. The first-order valence-corrected chi connectivity index (χ1v) is 42.0. The number of esters is 6. The van der Waals surface area contributed by atoms with Crippen molar-refractivity contribution >= 4 is 70.3 Å². The molecule has 8 N–H and O–H groups in total. The fourth-order valence-electron chi connectivity index (χ4n) is 11.0. The topological polar surface area (TPSA) is 511 Å². The van der Waals surface area contributed by atoms with E-state index in [0.29, 0.717) is 42.5 Å². The summed E-state index contributed by atoms with van der Waals surface area (Å²) in [5.74, 6) is -7.50. The molecule has 132 heavy (non-hydrogen) atoms. The minimum atomic E-state index is -5.80. The zero-order valence-electron chi connectivity index (χ0n) is 77.8. The molecule has 0 bridgehead atoms. The van der Waals surface area contributed by atoms with Crippen molar-refractivity contribution in [3.63, 3.8) is 0 Å². The fraction of sp³-hybridized carbons (Fsp3) is 0.565. The van der Waals surface area contributed by atoms with Gasteiger partial charge in [0.1, 0.15) is 53.3 Å². The highest BCUT2D eigenvalue weighted by molar-refractivity contribution is 7.87. The van der Waals surface area contributed by atoms with Crippen LogP contribution >= 0.6 is 0 Å². The number of imidazole rings is 3. The molecule has 3 heterocycles. The van der Waals surface area contributed by atoms with Crippen molar-refractivity contribution in [3.05, 3.63) is 176 Å². The number of amides is 1. The summed E-state index contributed by atoms with van der Waals surface area (Å²) in [6.45, 7) is 21.2. The van der Waals surface area contributed by atoms with Crippen molar-refractivity contribution < 1.29 is 149 Å². The van der Waals surface area contributed by atoms with Gasteiger partial charge >= 0.3 is 86.5 Å². The fourth-order valence-corrected chi connectivity index (χ4v) is 11.6. The summed E-state index contributed by atoms with van der Waals surface area (Å²) < 4.78 is 161. The number of alkyl halides is 3. The van der Waals surface area contributed by atoms with Crippen LogP contribution in [-0.4, -0.2) is 257 Å². The molecule has 0 saturated carbocycles. The predicted molar refractivity (Wildman–Crippen MR) is 465 cm³/mol. The molecule has 744 valence electrons. The molecule has 6 aromatic rings. The summed E-state index contributed by atoms with van der Waals surface area (Å²) in [4.78, 5) is 150. The van der Waals surface area contributed by atoms with E-state index in [1.807, 2.05) is 27.7 Å². The number of nitrogens with two attached hydrogens (primary N) is 1. The molecule has 8 atom stereocenters. The molecule has 0 aliphatic carbocycles. The van der Waals surface area contributed by atoms with Crippen LogP contribution in [0.4, 0.5) is 31.1 Å². The van der Waals surface area contributed by atoms with Gasteiger partial charge in [0, 0.05) is 91.8 Å². The maximum atomic E-state index is 13.4. The molecular formula is C85H127F6N11O29S. The maximum Gasteiger partial charge on any atom is 0.523 e. The summed E-state index contributed by atoms with van der Waals surface area (Å²) in [6.07, 6.45) is 6.98. The molecule has 40 nitrogen and oxygen atoms in total. The van der Waals surface area contributed by atoms with Crippen molar-refractivity contribution in [2.24, 2.45) is 35.3 Å². The van der Waals surface area contributed by atoms with Gasteiger partial charge < -0.3 is 78.7 Å². The van der Waals surface area contributed by atoms with Gasteiger partial charge in [-0.2, -0.15) is 21.6 Å². The average molecular weight is 1910 g/mol. The van der Waals surface area contributed by atoms with Crippen molar-refractivity contribution in [1.82, 2.24) is 48.7 Å². The first-order chi connectivity index (χ1) is 61.7. The van der Waals surface area contributed by atoms with Crippen LogP contribution in [0.2, 0.25) is 0 Å². The number of aliphatic carboxylic acids is 2. The van der Waals surface area contributed by atoms with Gasteiger partial charge in [0.15, 0.2) is 18.7 Å². The number of aldehydes is 1. The van der Waals surface area contributed by atoms with E-state index in [-0.39, 0.29) is 124 Å². The number of nitrogens with zero attached hydrogens (tertiary/aromatic N) is 6. The first kappa shape index (κ1) is 121. The van der Waals surface area contributed by atoms with Crippen LogP contribution < -0.4 is 44.1 Å². The second-order valence-electron chi connectivity index (χ2n) is 31.0. The SMILES string of the molecule is CC(C)C[C@H](N[C@@H](Cn1ccn(Cc2cccc(F)c2)c1=O)C(=O)O)C(=O)O.COC(=O)[C@@H](C)CNCC(OC)OC.COC(=O)[C@@H](C)Cn1ccn(Cc2cccc(F)c2)c1=O.COC(=O)[C@@H](CC(C)C)OS(=O)(=O)C(F)(F)F.COC(=O)[C@@H](N)CNC(=O)OC(C)(C)C.COC(=O)[C@H](CC(C)C)N[C@@H](Cn1ccn(Cc2cccc(F)c2)c1=O)C(=O)OC.COC(C=O)OC. The molecule has 6 rings (SSSR count). The minimum Gasteiger partial charge on any atom is -0.480 e. The number of carbonyl (C=O) groups is 10. The van der Waals surface area contributed by atoms with Crippen LogP contribution in [0.1, 0.15) is 112 Å². The Morgan fingerprint density at radius 3 is 1.14 bits per heavy atom. The maximum absolute atomic E-state index is 13.4. The van der Waals surface area contributed by atoms with Crippen LogP contribution in [0, 0.1) is 47.0 Å². The number of ether oxygens (including phenoxy) is 11. The van der Waals surface area contributed by atoms with E-state index in [4.69, 9.17) is 29.4 Å². The van der Waals surface area contributed by atoms with Crippen molar-refractivity contribution in [2.75, 3.05) is 90.7 Å². The van der Waals surface area contributed by atoms with Crippen LogP contribution in [0.5, 0.6) is 0 Å². The third-order valence-electron chi connectivity index (χ3n) is 17.6. The predicted octanol–water partition coefficient (Wildman–Crippen LogP) is 5.84. The number of carboxylic acids is 2. The van der Waals surface area contributed by atoms with Gasteiger partial charge in [0.05, 0.1) is 87.2 Å². The number of nitrogens with one attached hydrogen (secondary N) is 4. The molecule has 1 amide bonds. The van der Waals surface area contributed by atoms with Crippen molar-refractivity contribution in [1.29, 1.82) is 0 Å². The first-order valence-electron chi connectivity index (χ1n) is 40.6. The number of halogens is 6. The van der Waals surface area contributed by atoms with Crippen molar-refractivity contribution in [3.8, 4) is 0 Å². The van der Waals surface area contributed by atoms with Gasteiger partial charge in [-0.05, 0) is 111 Å². The highest BCUT2D eigenvalue weighted by Crippen LogP contribution is 2.28. The molecule has 0 radical (unpaired) electrons. The molecular weight excluding hydrogens is 1790 g/mol. The third kappa shape index (κ3) is 47.6. The largest absolute Gasteiger partial charge is 0.523 e. The van der Waals surface area contributed by atoms with Crippen LogP contribution in [0.25, 0.3) is 0 Å². The summed E-state index contributed by atoms with van der Waals surface area (Å²) in [6, 6.07) is 13.1. The number of methoxy groups -OCH3 is 10. The van der Waals surface area contributed by atoms with E-state index in [0.717, 1.165) is 7.11 Å². The molecule has 0 saturated heterocycles. The van der Waals surface area contributed by atoms with Gasteiger partial charge in [-0.1, -0.05) is 91.8 Å². The minimum absolute atomic E-state index is 0.0123. The molecule has 0 aliphatic heterocycles. The number of carboxylic acid groups (broad SMARTS) is 2. The van der Waals surface area contributed by atoms with Gasteiger partial charge in [0.25, 0.3) is 0 Å². The van der Waals surface area contributed by atoms with E-state index in [1.54, 1.807) is 112 Å². The highest BCUT2D eigenvalue weighted by atomic mass is 32.2. The van der Waals surface area contributed by atoms with E-state index < -0.39 is 123 Å². The average Bonchev–Trinajstić information content (AvgIpc) is 1.77. The van der Waals surface area contributed by atoms with Crippen molar-refractivity contribution in [2.45, 2.75) is 195 Å². The number of rotatable bonds is 43. The lowest BCUT2D eigenvalue weighted by atomic mass is 10.0. The molecule has 0 unspecified atom stereocenters. The Bertz CT molecular complexity index is 4810. The molecule has 47 heteroatoms. The number of hydrogen-bond donors (Lipinski definition) is 7. The Kier molecular flexibility index (Phi) is 56.7. The van der Waals surface area contributed by atoms with Gasteiger partial charge in [-0.15, -0.1) is 0 Å². The molecule has 0 aliphatic rings. The van der Waals surface area contributed by atoms with E-state index in [2.05, 4.69) is 53.9 Å². The Morgan fingerprint density at radius 1 is 0.455 bits per heavy atom. The number of hydrogen-bond acceptors (Lipinski definition) is 31. The lowest BCUT2D eigenvalue weighted by Gasteiger charge is -2.24. The Balaban J connectivity index is 0.00000157. The smallest absolute Gasteiger partial charge is 0.480 e. The Labute approximate surface area is 761 Å². The Morgan fingerprint density at radius 2 is 0.811 bits per heavy atom. The summed E-state index contributed by atoms with van der Waals surface area (Å²) in [5, 5.41) is 29.7. The van der Waals surface area contributed by atoms with Crippen LogP contribution in [0.15, 0.2) is 124 Å². The molecule has 0 spiro atoms. The zero-order chi connectivity index (χ0) is 101. The number of alkyl carbamates (subject to hydrolysis) is 1. The standard InChI is InChI=1S/C21H28FN3O5.C19H24FN3O5.C15H17FN2O3.C9H18N2O4.C9H19NO4.C8H13F3O5S.C4H8O3/c1-14(2)10-17(19(26)29-3)23-18(20(27)30-4)13-25-9-8-24(21(25)28)12-15-6-5-7-16(22)11-15;1-12(2)8-15(17(24)25)21-16(18(26)27)11-23-7-6-22(19(23)28)10-13-4-3-5-14(20)9-13;1-11(14(19)21-2)9-17-6-7-18(15(17)20)10-12-4-3-5-13(16)8-12;1-9(2,3)15-8(13)11-5-6(10)7(12)14-4;1-7(9(11)14-4)5-10-6-8(12-2)13-3;1-5(2)4-6(7(12)15-3)16-17(13,14)8(9,10)11;1-6-4(3-5)7-2/h5-9,11,14,17-18,23H,10,12-13H2,1-4H3;3-7,9,12,15-16,21H,8,10-11H2,1-2H3,(H,24,25)(H,26,27);3-8,11H,9-10H2,1-2H3;6H,5,10H2,1-4H3,(H,11,13);7-8,10H,5-6H2,1-4H3;5-6H,4H2,1-3H3;3-4H,1-2H3/t17-,18-;15-,16-;11-;6-;7-;6-;/m000001./s1. The van der Waals surface area contributed by atoms with Crippen LogP contribution in [0.3, 0.4) is 0 Å². The van der Waals surface area contributed by atoms with Gasteiger partial charge in [0.2, 0.25) is 6.29 Å². The summed E-state index contributed by atoms with van der Waals surface area (Å²) in [7, 11) is 7.53. The molecule has 3 aromatic carbocycles. The number of benzene rings is 3. The lowest BCUT2D eigenvalue weighted by Crippen LogP contribution is -2.51. The van der Waals surface area contributed by atoms with E-state index in [9.17, 15) is 107 Å². The zero-order valence-corrected chi connectivity index (χ0v) is 78.6.